The van der Waals surface area contributed by atoms with E-state index in [4.69, 9.17) is 4.74 Å². The van der Waals surface area contributed by atoms with E-state index in [1.807, 2.05) is 0 Å². The maximum Gasteiger partial charge on any atom is 0.0649 e. The molecule has 1 rings (SSSR count). The van der Waals surface area contributed by atoms with Crippen LogP contribution in [0.4, 0.5) is 0 Å². The second-order valence-corrected chi connectivity index (χ2v) is 6.32. The Bertz CT molecular complexity index is 211. The highest BCUT2D eigenvalue weighted by Gasteiger charge is 2.55. The van der Waals surface area contributed by atoms with Gasteiger partial charge in [0.25, 0.3) is 0 Å². The van der Waals surface area contributed by atoms with Gasteiger partial charge in [-0.15, -0.1) is 0 Å². The van der Waals surface area contributed by atoms with Gasteiger partial charge in [0, 0.05) is 7.11 Å². The zero-order valence-corrected chi connectivity index (χ0v) is 11.2. The molecule has 0 aromatic rings. The van der Waals surface area contributed by atoms with Crippen LogP contribution in [0.3, 0.4) is 0 Å². The Morgan fingerprint density at radius 1 is 0.933 bits per heavy atom. The van der Waals surface area contributed by atoms with Crippen molar-refractivity contribution in [2.24, 2.45) is 22.7 Å². The zero-order chi connectivity index (χ0) is 12.0. The summed E-state index contributed by atoms with van der Waals surface area (Å²) < 4.78 is 5.62. The van der Waals surface area contributed by atoms with Crippen LogP contribution in [-0.2, 0) is 4.74 Å². The molecule has 0 aromatic carbocycles. The van der Waals surface area contributed by atoms with E-state index < -0.39 is 0 Å². The Morgan fingerprint density at radius 2 is 1.27 bits per heavy atom. The minimum atomic E-state index is -0.276. The highest BCUT2D eigenvalue weighted by Crippen LogP contribution is 2.52. The van der Waals surface area contributed by atoms with Gasteiger partial charge in [-0.25, -0.2) is 0 Å². The molecule has 0 aromatic heterocycles. The summed E-state index contributed by atoms with van der Waals surface area (Å²) in [6.07, 6.45) is -0.0419. The molecule has 1 saturated carbocycles. The molecule has 1 aliphatic rings. The van der Waals surface area contributed by atoms with Crippen molar-refractivity contribution in [3.8, 4) is 0 Å². The summed E-state index contributed by atoms with van der Waals surface area (Å²) in [6.45, 7) is 12.9. The van der Waals surface area contributed by atoms with E-state index >= 15 is 0 Å². The van der Waals surface area contributed by atoms with Crippen molar-refractivity contribution in [3.05, 3.63) is 0 Å². The topological polar surface area (TPSA) is 29.5 Å². The maximum absolute atomic E-state index is 10.5. The average molecular weight is 214 g/mol. The number of hydrogen-bond donors (Lipinski definition) is 1. The van der Waals surface area contributed by atoms with Gasteiger partial charge in [-0.2, -0.15) is 0 Å². The smallest absolute Gasteiger partial charge is 0.0649 e. The van der Waals surface area contributed by atoms with Crippen molar-refractivity contribution >= 4 is 0 Å². The molecule has 0 saturated heterocycles. The van der Waals surface area contributed by atoms with Crippen LogP contribution in [0.5, 0.6) is 0 Å². The Labute approximate surface area is 94.0 Å². The Balaban J connectivity index is 3.11. The molecular formula is C13H26O2. The summed E-state index contributed by atoms with van der Waals surface area (Å²) in [7, 11) is 1.78. The standard InChI is InChI=1S/C13H26O2/c1-8-10(15-7)9(2)13(5,6)11(14)12(8,3)4/h8-11,14H,1-7H3. The summed E-state index contributed by atoms with van der Waals surface area (Å²) in [6, 6.07) is 0. The van der Waals surface area contributed by atoms with Crippen molar-refractivity contribution in [1.82, 2.24) is 0 Å². The Morgan fingerprint density at radius 3 is 1.53 bits per heavy atom. The molecule has 1 N–H and O–H groups in total. The number of aliphatic hydroxyl groups excluding tert-OH is 1. The second-order valence-electron chi connectivity index (χ2n) is 6.32. The van der Waals surface area contributed by atoms with Gasteiger partial charge in [0.2, 0.25) is 0 Å². The van der Waals surface area contributed by atoms with E-state index in [0.717, 1.165) is 0 Å². The Hall–Kier alpha value is -0.0800. The Kier molecular flexibility index (Phi) is 3.24. The van der Waals surface area contributed by atoms with Crippen molar-refractivity contribution in [3.63, 3.8) is 0 Å². The first-order valence-corrected chi connectivity index (χ1v) is 5.88. The quantitative estimate of drug-likeness (QED) is 0.727. The van der Waals surface area contributed by atoms with Crippen LogP contribution in [-0.4, -0.2) is 24.4 Å². The first-order valence-electron chi connectivity index (χ1n) is 5.88. The lowest BCUT2D eigenvalue weighted by atomic mass is 9.53. The lowest BCUT2D eigenvalue weighted by Crippen LogP contribution is -2.59. The van der Waals surface area contributed by atoms with Crippen LogP contribution < -0.4 is 0 Å². The monoisotopic (exact) mass is 214 g/mol. The highest BCUT2D eigenvalue weighted by molar-refractivity contribution is 5.04. The lowest BCUT2D eigenvalue weighted by Gasteiger charge is -2.56. The number of hydrogen-bond acceptors (Lipinski definition) is 2. The summed E-state index contributed by atoms with van der Waals surface area (Å²) in [5.74, 6) is 0.751. The van der Waals surface area contributed by atoms with Crippen LogP contribution in [0.15, 0.2) is 0 Å². The van der Waals surface area contributed by atoms with E-state index in [9.17, 15) is 5.11 Å². The number of rotatable bonds is 1. The van der Waals surface area contributed by atoms with Crippen LogP contribution in [0.2, 0.25) is 0 Å². The van der Waals surface area contributed by atoms with Crippen LogP contribution >= 0.6 is 0 Å². The number of methoxy groups -OCH3 is 1. The number of aliphatic hydroxyl groups is 1. The molecule has 2 nitrogen and oxygen atoms in total. The van der Waals surface area contributed by atoms with Gasteiger partial charge in [0.05, 0.1) is 12.2 Å². The van der Waals surface area contributed by atoms with Gasteiger partial charge in [0.1, 0.15) is 0 Å². The molecule has 2 heteroatoms. The molecule has 2 unspecified atom stereocenters. The SMILES string of the molecule is COC1C(C)C(C)(C)C(O)C(C)(C)C1C. The third-order valence-corrected chi connectivity index (χ3v) is 5.01. The third kappa shape index (κ3) is 1.72. The van der Waals surface area contributed by atoms with Gasteiger partial charge >= 0.3 is 0 Å². The normalized spacial score (nSPS) is 44.0. The number of ether oxygens (including phenoxy) is 1. The van der Waals surface area contributed by atoms with Gasteiger partial charge < -0.3 is 9.84 Å². The fourth-order valence-electron chi connectivity index (χ4n) is 3.14. The minimum absolute atomic E-state index is 0.0866. The molecule has 15 heavy (non-hydrogen) atoms. The van der Waals surface area contributed by atoms with Crippen LogP contribution in [0.1, 0.15) is 41.5 Å². The van der Waals surface area contributed by atoms with E-state index in [2.05, 4.69) is 41.5 Å². The molecule has 0 aliphatic heterocycles. The lowest BCUT2D eigenvalue weighted by molar-refractivity contribution is -0.190. The molecule has 1 fully saturated rings. The molecule has 0 radical (unpaired) electrons. The van der Waals surface area contributed by atoms with Crippen LogP contribution in [0.25, 0.3) is 0 Å². The zero-order valence-electron chi connectivity index (χ0n) is 11.2. The van der Waals surface area contributed by atoms with Crippen molar-refractivity contribution in [1.29, 1.82) is 0 Å². The molecule has 0 spiro atoms. The first kappa shape index (κ1) is 13.0. The van der Waals surface area contributed by atoms with Crippen molar-refractivity contribution in [2.45, 2.75) is 53.8 Å². The molecule has 2 atom stereocenters. The summed E-state index contributed by atoms with van der Waals surface area (Å²) in [5.41, 5.74) is -0.173. The van der Waals surface area contributed by atoms with E-state index in [0.29, 0.717) is 11.8 Å². The highest BCUT2D eigenvalue weighted by atomic mass is 16.5. The van der Waals surface area contributed by atoms with Crippen molar-refractivity contribution < 1.29 is 9.84 Å². The molecular weight excluding hydrogens is 188 g/mol. The minimum Gasteiger partial charge on any atom is -0.392 e. The van der Waals surface area contributed by atoms with Crippen LogP contribution in [0, 0.1) is 22.7 Å². The summed E-state index contributed by atoms with van der Waals surface area (Å²) in [4.78, 5) is 0. The molecule has 90 valence electrons. The maximum atomic E-state index is 10.5. The first-order chi connectivity index (χ1) is 6.67. The third-order valence-electron chi connectivity index (χ3n) is 5.01. The van der Waals surface area contributed by atoms with E-state index in [-0.39, 0.29) is 23.0 Å². The van der Waals surface area contributed by atoms with Gasteiger partial charge in [0.15, 0.2) is 0 Å². The average Bonchev–Trinajstić information content (AvgIpc) is 2.15. The van der Waals surface area contributed by atoms with Gasteiger partial charge in [-0.1, -0.05) is 41.5 Å². The van der Waals surface area contributed by atoms with Gasteiger partial charge in [-0.3, -0.25) is 0 Å². The predicted molar refractivity (Wildman–Crippen MR) is 62.7 cm³/mol. The second kappa shape index (κ2) is 3.74. The summed E-state index contributed by atoms with van der Waals surface area (Å²) >= 11 is 0. The van der Waals surface area contributed by atoms with Gasteiger partial charge in [-0.05, 0) is 22.7 Å². The molecule has 0 heterocycles. The van der Waals surface area contributed by atoms with E-state index in [1.54, 1.807) is 7.11 Å². The largest absolute Gasteiger partial charge is 0.392 e. The molecule has 0 amide bonds. The fourth-order valence-corrected chi connectivity index (χ4v) is 3.14. The van der Waals surface area contributed by atoms with Crippen molar-refractivity contribution in [2.75, 3.05) is 7.11 Å². The predicted octanol–water partition coefficient (Wildman–Crippen LogP) is 2.70. The van der Waals surface area contributed by atoms with E-state index in [1.165, 1.54) is 0 Å². The fraction of sp³-hybridized carbons (Fsp3) is 1.00. The molecule has 0 bridgehead atoms. The summed E-state index contributed by atoms with van der Waals surface area (Å²) in [5, 5.41) is 10.5. The molecule has 1 aliphatic carbocycles.